The van der Waals surface area contributed by atoms with Crippen LogP contribution in [0.1, 0.15) is 18.1 Å². The van der Waals surface area contributed by atoms with Crippen LogP contribution >= 0.6 is 15.9 Å². The highest BCUT2D eigenvalue weighted by Crippen LogP contribution is 2.23. The quantitative estimate of drug-likeness (QED) is 0.660. The Labute approximate surface area is 154 Å². The summed E-state index contributed by atoms with van der Waals surface area (Å²) in [5, 5.41) is 8.31. The smallest absolute Gasteiger partial charge is 0.266 e. The van der Waals surface area contributed by atoms with Gasteiger partial charge in [-0.3, -0.25) is 14.1 Å². The summed E-state index contributed by atoms with van der Waals surface area (Å²) in [6.07, 6.45) is 4.55. The highest BCUT2D eigenvalue weighted by Gasteiger charge is 2.20. The predicted molar refractivity (Wildman–Crippen MR) is 98.9 cm³/mol. The van der Waals surface area contributed by atoms with Gasteiger partial charge < -0.3 is 0 Å². The number of aromatic nitrogens is 4. The van der Waals surface area contributed by atoms with Crippen molar-refractivity contribution in [2.24, 2.45) is 0 Å². The number of nitrogens with one attached hydrogen (secondary N) is 1. The monoisotopic (exact) mass is 423 g/mol. The van der Waals surface area contributed by atoms with E-state index in [1.165, 1.54) is 18.0 Å². The molecule has 1 aromatic carbocycles. The summed E-state index contributed by atoms with van der Waals surface area (Å²) in [6.45, 7) is 5.07. The Morgan fingerprint density at radius 3 is 2.52 bits per heavy atom. The molecule has 9 heteroatoms. The van der Waals surface area contributed by atoms with Crippen LogP contribution in [0.25, 0.3) is 0 Å². The molecule has 0 bridgehead atoms. The Kier molecular flexibility index (Phi) is 4.96. The van der Waals surface area contributed by atoms with Gasteiger partial charge in [-0.2, -0.15) is 10.2 Å². The maximum Gasteiger partial charge on any atom is 0.266 e. The average Bonchev–Trinajstić information content (AvgIpc) is 3.17. The van der Waals surface area contributed by atoms with Crippen molar-refractivity contribution in [1.29, 1.82) is 0 Å². The van der Waals surface area contributed by atoms with E-state index in [0.717, 1.165) is 5.56 Å². The van der Waals surface area contributed by atoms with Gasteiger partial charge in [-0.25, -0.2) is 8.42 Å². The predicted octanol–water partition coefficient (Wildman–Crippen LogP) is 3.02. The molecule has 0 spiro atoms. The number of hydrogen-bond acceptors (Lipinski definition) is 4. The first kappa shape index (κ1) is 17.7. The summed E-state index contributed by atoms with van der Waals surface area (Å²) in [4.78, 5) is 0.106. The number of halogens is 1. The third-order valence-corrected chi connectivity index (χ3v) is 5.53. The van der Waals surface area contributed by atoms with Gasteiger partial charge in [-0.1, -0.05) is 29.8 Å². The summed E-state index contributed by atoms with van der Waals surface area (Å²) in [5.74, 6) is 0.247. The third kappa shape index (κ3) is 4.10. The second-order valence-electron chi connectivity index (χ2n) is 5.65. The van der Waals surface area contributed by atoms with Gasteiger partial charge in [0.05, 0.1) is 17.2 Å². The number of benzene rings is 1. The lowest BCUT2D eigenvalue weighted by Gasteiger charge is -2.04. The zero-order valence-electron chi connectivity index (χ0n) is 13.8. The number of nitrogens with zero attached hydrogens (tertiary/aromatic N) is 4. The van der Waals surface area contributed by atoms with E-state index in [4.69, 9.17) is 0 Å². The van der Waals surface area contributed by atoms with Crippen LogP contribution in [0.3, 0.4) is 0 Å². The van der Waals surface area contributed by atoms with Crippen LogP contribution in [-0.2, 0) is 23.1 Å². The Balaban J connectivity index is 1.79. The molecule has 2 aromatic heterocycles. The van der Waals surface area contributed by atoms with E-state index < -0.39 is 10.0 Å². The lowest BCUT2D eigenvalue weighted by atomic mass is 10.1. The molecule has 132 valence electrons. The molecule has 0 unspecified atom stereocenters. The highest BCUT2D eigenvalue weighted by atomic mass is 79.9. The lowest BCUT2D eigenvalue weighted by Crippen LogP contribution is -2.13. The van der Waals surface area contributed by atoms with E-state index in [9.17, 15) is 8.42 Å². The molecule has 0 aliphatic heterocycles. The number of anilines is 1. The normalized spacial score (nSPS) is 11.6. The minimum atomic E-state index is -3.73. The van der Waals surface area contributed by atoms with Crippen LogP contribution in [0.15, 0.2) is 52.2 Å². The van der Waals surface area contributed by atoms with Crippen molar-refractivity contribution in [1.82, 2.24) is 19.6 Å². The molecule has 0 atom stereocenters. The zero-order valence-corrected chi connectivity index (χ0v) is 16.2. The minimum absolute atomic E-state index is 0.106. The zero-order chi connectivity index (χ0) is 18.0. The fourth-order valence-electron chi connectivity index (χ4n) is 2.27. The minimum Gasteiger partial charge on any atom is -0.272 e. The molecule has 7 nitrogen and oxygen atoms in total. The molecule has 0 radical (unpaired) electrons. The first-order valence-electron chi connectivity index (χ1n) is 7.71. The van der Waals surface area contributed by atoms with Gasteiger partial charge in [0, 0.05) is 18.9 Å². The number of hydrogen-bond donors (Lipinski definition) is 1. The molecular weight excluding hydrogens is 406 g/mol. The summed E-state index contributed by atoms with van der Waals surface area (Å²) in [6, 6.07) is 8.10. The second-order valence-corrected chi connectivity index (χ2v) is 8.18. The van der Waals surface area contributed by atoms with E-state index in [1.807, 2.05) is 38.1 Å². The standard InChI is InChI=1S/C16H18BrN5O2S/c1-3-21-10-14(8-18-21)25(23,24)20-16-15(17)11-22(19-16)9-13-6-4-12(2)5-7-13/h4-8,10-11H,3,9H2,1-2H3,(H,19,20). The van der Waals surface area contributed by atoms with E-state index in [-0.39, 0.29) is 10.7 Å². The van der Waals surface area contributed by atoms with Crippen molar-refractivity contribution in [2.75, 3.05) is 4.72 Å². The van der Waals surface area contributed by atoms with Crippen LogP contribution in [0, 0.1) is 6.92 Å². The third-order valence-electron chi connectivity index (χ3n) is 3.66. The van der Waals surface area contributed by atoms with E-state index >= 15 is 0 Å². The van der Waals surface area contributed by atoms with Crippen LogP contribution < -0.4 is 4.72 Å². The Morgan fingerprint density at radius 2 is 1.88 bits per heavy atom. The van der Waals surface area contributed by atoms with Gasteiger partial charge in [0.25, 0.3) is 10.0 Å². The second kappa shape index (κ2) is 7.01. The summed E-state index contributed by atoms with van der Waals surface area (Å²) >= 11 is 3.36. The topological polar surface area (TPSA) is 81.8 Å². The summed E-state index contributed by atoms with van der Waals surface area (Å²) < 4.78 is 31.2. The Morgan fingerprint density at radius 1 is 1.16 bits per heavy atom. The molecule has 0 saturated heterocycles. The molecule has 25 heavy (non-hydrogen) atoms. The first-order chi connectivity index (χ1) is 11.9. The Hall–Kier alpha value is -2.13. The highest BCUT2D eigenvalue weighted by molar-refractivity contribution is 9.10. The molecule has 0 aliphatic rings. The van der Waals surface area contributed by atoms with Crippen LogP contribution in [0.5, 0.6) is 0 Å². The van der Waals surface area contributed by atoms with Crippen molar-refractivity contribution < 1.29 is 8.42 Å². The molecule has 0 amide bonds. The van der Waals surface area contributed by atoms with Gasteiger partial charge >= 0.3 is 0 Å². The molecule has 2 heterocycles. The molecule has 0 aliphatic carbocycles. The molecule has 3 rings (SSSR count). The van der Waals surface area contributed by atoms with Gasteiger partial charge in [0.2, 0.25) is 0 Å². The van der Waals surface area contributed by atoms with Crippen molar-refractivity contribution in [3.63, 3.8) is 0 Å². The van der Waals surface area contributed by atoms with Crippen molar-refractivity contribution in [3.8, 4) is 0 Å². The fraction of sp³-hybridized carbons (Fsp3) is 0.250. The number of aryl methyl sites for hydroxylation is 2. The van der Waals surface area contributed by atoms with E-state index in [0.29, 0.717) is 17.6 Å². The van der Waals surface area contributed by atoms with E-state index in [1.54, 1.807) is 15.6 Å². The van der Waals surface area contributed by atoms with Crippen molar-refractivity contribution >= 4 is 31.8 Å². The fourth-order valence-corrected chi connectivity index (χ4v) is 3.79. The lowest BCUT2D eigenvalue weighted by molar-refractivity contribution is 0.600. The van der Waals surface area contributed by atoms with Crippen molar-refractivity contribution in [2.45, 2.75) is 31.8 Å². The molecule has 1 N–H and O–H groups in total. The first-order valence-corrected chi connectivity index (χ1v) is 9.99. The molecule has 3 aromatic rings. The largest absolute Gasteiger partial charge is 0.272 e. The van der Waals surface area contributed by atoms with Gasteiger partial charge in [-0.05, 0) is 35.3 Å². The summed E-state index contributed by atoms with van der Waals surface area (Å²) in [7, 11) is -3.73. The summed E-state index contributed by atoms with van der Waals surface area (Å²) in [5.41, 5.74) is 2.27. The number of sulfonamides is 1. The van der Waals surface area contributed by atoms with E-state index in [2.05, 4.69) is 30.8 Å². The maximum absolute atomic E-state index is 12.5. The van der Waals surface area contributed by atoms with Crippen LogP contribution in [-0.4, -0.2) is 28.0 Å². The maximum atomic E-state index is 12.5. The van der Waals surface area contributed by atoms with Gasteiger partial charge in [0.1, 0.15) is 4.90 Å². The molecular formula is C16H18BrN5O2S. The Bertz CT molecular complexity index is 976. The van der Waals surface area contributed by atoms with Crippen LogP contribution in [0.4, 0.5) is 5.82 Å². The van der Waals surface area contributed by atoms with Gasteiger partial charge in [-0.15, -0.1) is 0 Å². The average molecular weight is 424 g/mol. The molecule has 0 fully saturated rings. The van der Waals surface area contributed by atoms with Crippen LogP contribution in [0.2, 0.25) is 0 Å². The van der Waals surface area contributed by atoms with Crippen molar-refractivity contribution in [3.05, 3.63) is 58.5 Å². The van der Waals surface area contributed by atoms with Gasteiger partial charge in [0.15, 0.2) is 5.82 Å². The SMILES string of the molecule is CCn1cc(S(=O)(=O)Nc2nn(Cc3ccc(C)cc3)cc2Br)cn1. The molecule has 0 saturated carbocycles. The number of rotatable bonds is 6.